The molecule has 0 spiro atoms. The molecule has 26 heavy (non-hydrogen) atoms. The molecular formula is C20H20FN3OS. The molecule has 1 heterocycles. The smallest absolute Gasteiger partial charge is 0.191 e. The van der Waals surface area contributed by atoms with Gasteiger partial charge in [-0.15, -0.1) is 10.2 Å². The number of aryl methyl sites for hydroxylation is 3. The van der Waals surface area contributed by atoms with Gasteiger partial charge in [0.2, 0.25) is 0 Å². The van der Waals surface area contributed by atoms with E-state index in [4.69, 9.17) is 0 Å². The van der Waals surface area contributed by atoms with E-state index in [1.54, 1.807) is 29.8 Å². The van der Waals surface area contributed by atoms with Crippen molar-refractivity contribution in [2.24, 2.45) is 7.05 Å². The normalized spacial score (nSPS) is 11.0. The number of thioether (sulfide) groups is 1. The third kappa shape index (κ3) is 3.55. The van der Waals surface area contributed by atoms with Crippen molar-refractivity contribution in [2.75, 3.05) is 5.75 Å². The van der Waals surface area contributed by atoms with E-state index < -0.39 is 0 Å². The van der Waals surface area contributed by atoms with E-state index in [0.29, 0.717) is 16.5 Å². The summed E-state index contributed by atoms with van der Waals surface area (Å²) in [5.74, 6) is 0.403. The molecule has 3 aromatic rings. The molecule has 0 fully saturated rings. The standard InChI is InChI=1S/C20H20FN3OS/c1-12-9-14(3)16(10-13(12)2)18(25)11-26-20-23-22-19(24(20)4)15-7-5-6-8-17(15)21/h5-10H,11H2,1-4H3. The Morgan fingerprint density at radius 3 is 2.50 bits per heavy atom. The summed E-state index contributed by atoms with van der Waals surface area (Å²) in [4.78, 5) is 12.6. The molecule has 0 bridgehead atoms. The van der Waals surface area contributed by atoms with Gasteiger partial charge in [-0.3, -0.25) is 4.79 Å². The second-order valence-corrected chi connectivity index (χ2v) is 7.25. The van der Waals surface area contributed by atoms with E-state index in [0.717, 1.165) is 16.7 Å². The first-order valence-electron chi connectivity index (χ1n) is 8.26. The zero-order chi connectivity index (χ0) is 18.8. The monoisotopic (exact) mass is 369 g/mol. The van der Waals surface area contributed by atoms with E-state index >= 15 is 0 Å². The Kier molecular flexibility index (Phi) is 5.23. The fourth-order valence-electron chi connectivity index (χ4n) is 2.79. The van der Waals surface area contributed by atoms with Crippen molar-refractivity contribution in [3.05, 3.63) is 64.5 Å². The Labute approximate surface area is 156 Å². The molecule has 3 rings (SSSR count). The van der Waals surface area contributed by atoms with Crippen LogP contribution in [0.4, 0.5) is 4.39 Å². The number of aromatic nitrogens is 3. The number of benzene rings is 2. The summed E-state index contributed by atoms with van der Waals surface area (Å²) >= 11 is 1.31. The van der Waals surface area contributed by atoms with Gasteiger partial charge in [0, 0.05) is 12.6 Å². The number of halogens is 1. The van der Waals surface area contributed by atoms with Gasteiger partial charge in [0.05, 0.1) is 11.3 Å². The van der Waals surface area contributed by atoms with Gasteiger partial charge >= 0.3 is 0 Å². The van der Waals surface area contributed by atoms with Crippen LogP contribution in [0.25, 0.3) is 11.4 Å². The van der Waals surface area contributed by atoms with Crippen LogP contribution in [0.3, 0.4) is 0 Å². The van der Waals surface area contributed by atoms with Crippen molar-refractivity contribution >= 4 is 17.5 Å². The lowest BCUT2D eigenvalue weighted by Crippen LogP contribution is -2.07. The summed E-state index contributed by atoms with van der Waals surface area (Å²) in [6, 6.07) is 10.4. The van der Waals surface area contributed by atoms with Gasteiger partial charge in [-0.1, -0.05) is 30.0 Å². The van der Waals surface area contributed by atoms with Crippen LogP contribution >= 0.6 is 11.8 Å². The summed E-state index contributed by atoms with van der Waals surface area (Å²) < 4.78 is 15.7. The third-order valence-electron chi connectivity index (χ3n) is 4.42. The van der Waals surface area contributed by atoms with Gasteiger partial charge in [-0.2, -0.15) is 0 Å². The molecule has 134 valence electrons. The highest BCUT2D eigenvalue weighted by molar-refractivity contribution is 7.99. The third-order valence-corrected chi connectivity index (χ3v) is 5.44. The molecular weight excluding hydrogens is 349 g/mol. The van der Waals surface area contributed by atoms with Crippen LogP contribution in [0.5, 0.6) is 0 Å². The van der Waals surface area contributed by atoms with E-state index in [1.165, 1.54) is 23.4 Å². The SMILES string of the molecule is Cc1cc(C)c(C(=O)CSc2nnc(-c3ccccc3F)n2C)cc1C. The number of hydrogen-bond acceptors (Lipinski definition) is 4. The Hall–Kier alpha value is -2.47. The molecule has 0 saturated carbocycles. The molecule has 2 aromatic carbocycles. The highest BCUT2D eigenvalue weighted by Crippen LogP contribution is 2.25. The van der Waals surface area contributed by atoms with Crippen LogP contribution in [0.15, 0.2) is 41.6 Å². The fraction of sp³-hybridized carbons (Fsp3) is 0.250. The molecule has 0 unspecified atom stereocenters. The minimum Gasteiger partial charge on any atom is -0.305 e. The van der Waals surface area contributed by atoms with Gasteiger partial charge in [0.15, 0.2) is 16.8 Å². The largest absolute Gasteiger partial charge is 0.305 e. The molecule has 0 aliphatic heterocycles. The highest BCUT2D eigenvalue weighted by atomic mass is 32.2. The Bertz CT molecular complexity index is 981. The minimum atomic E-state index is -0.346. The number of ketones is 1. The van der Waals surface area contributed by atoms with Crippen LogP contribution < -0.4 is 0 Å². The number of carbonyl (C=O) groups excluding carboxylic acids is 1. The number of rotatable bonds is 5. The molecule has 6 heteroatoms. The Balaban J connectivity index is 1.78. The van der Waals surface area contributed by atoms with E-state index in [9.17, 15) is 9.18 Å². The lowest BCUT2D eigenvalue weighted by Gasteiger charge is -2.09. The van der Waals surface area contributed by atoms with Crippen molar-refractivity contribution in [3.63, 3.8) is 0 Å². The van der Waals surface area contributed by atoms with Crippen LogP contribution in [-0.4, -0.2) is 26.3 Å². The Morgan fingerprint density at radius 2 is 1.77 bits per heavy atom. The molecule has 0 aliphatic rings. The lowest BCUT2D eigenvalue weighted by molar-refractivity contribution is 0.102. The van der Waals surface area contributed by atoms with Crippen molar-refractivity contribution in [1.29, 1.82) is 0 Å². The summed E-state index contributed by atoms with van der Waals surface area (Å²) in [5, 5.41) is 8.77. The number of nitrogens with zero attached hydrogens (tertiary/aromatic N) is 3. The molecule has 4 nitrogen and oxygen atoms in total. The molecule has 0 saturated heterocycles. The maximum atomic E-state index is 14.0. The maximum Gasteiger partial charge on any atom is 0.191 e. The summed E-state index contributed by atoms with van der Waals surface area (Å²) in [5.41, 5.74) is 4.38. The zero-order valence-electron chi connectivity index (χ0n) is 15.2. The maximum absolute atomic E-state index is 14.0. The molecule has 0 aliphatic carbocycles. The lowest BCUT2D eigenvalue weighted by atomic mass is 9.99. The summed E-state index contributed by atoms with van der Waals surface area (Å²) in [6.07, 6.45) is 0. The molecule has 0 amide bonds. The van der Waals surface area contributed by atoms with Crippen molar-refractivity contribution in [2.45, 2.75) is 25.9 Å². The van der Waals surface area contributed by atoms with Gasteiger partial charge in [-0.25, -0.2) is 4.39 Å². The van der Waals surface area contributed by atoms with Crippen LogP contribution in [0.2, 0.25) is 0 Å². The Morgan fingerprint density at radius 1 is 1.08 bits per heavy atom. The van der Waals surface area contributed by atoms with Crippen LogP contribution in [-0.2, 0) is 7.05 Å². The van der Waals surface area contributed by atoms with Gasteiger partial charge < -0.3 is 4.57 Å². The minimum absolute atomic E-state index is 0.0473. The molecule has 1 aromatic heterocycles. The summed E-state index contributed by atoms with van der Waals surface area (Å²) in [7, 11) is 1.77. The fourth-order valence-corrected chi connectivity index (χ4v) is 3.58. The van der Waals surface area contributed by atoms with Crippen molar-refractivity contribution < 1.29 is 9.18 Å². The quantitative estimate of drug-likeness (QED) is 0.490. The van der Waals surface area contributed by atoms with Crippen molar-refractivity contribution in [3.8, 4) is 11.4 Å². The number of carbonyl (C=O) groups is 1. The van der Waals surface area contributed by atoms with Crippen molar-refractivity contribution in [1.82, 2.24) is 14.8 Å². The topological polar surface area (TPSA) is 47.8 Å². The average Bonchev–Trinajstić information content (AvgIpc) is 2.97. The predicted molar refractivity (Wildman–Crippen MR) is 102 cm³/mol. The van der Waals surface area contributed by atoms with E-state index in [-0.39, 0.29) is 17.4 Å². The molecule has 0 radical (unpaired) electrons. The number of Topliss-reactive ketones (excluding diaryl/α,β-unsaturated/α-hetero) is 1. The highest BCUT2D eigenvalue weighted by Gasteiger charge is 2.17. The first kappa shape index (κ1) is 18.3. The number of hydrogen-bond donors (Lipinski definition) is 0. The van der Waals surface area contributed by atoms with Gasteiger partial charge in [0.1, 0.15) is 5.82 Å². The molecule has 0 N–H and O–H groups in total. The first-order valence-corrected chi connectivity index (χ1v) is 9.25. The first-order chi connectivity index (χ1) is 12.4. The van der Waals surface area contributed by atoms with E-state index in [1.807, 2.05) is 32.9 Å². The van der Waals surface area contributed by atoms with E-state index in [2.05, 4.69) is 10.2 Å². The second kappa shape index (κ2) is 7.41. The predicted octanol–water partition coefficient (Wildman–Crippen LogP) is 4.52. The average molecular weight is 369 g/mol. The van der Waals surface area contributed by atoms with Gasteiger partial charge in [0.25, 0.3) is 0 Å². The second-order valence-electron chi connectivity index (χ2n) is 6.31. The summed E-state index contributed by atoms with van der Waals surface area (Å²) in [6.45, 7) is 5.99. The zero-order valence-corrected chi connectivity index (χ0v) is 16.0. The molecule has 0 atom stereocenters. The van der Waals surface area contributed by atoms with Crippen LogP contribution in [0.1, 0.15) is 27.0 Å². The van der Waals surface area contributed by atoms with Gasteiger partial charge in [-0.05, 0) is 55.7 Å². The van der Waals surface area contributed by atoms with Crippen LogP contribution in [0, 0.1) is 26.6 Å².